The van der Waals surface area contributed by atoms with E-state index in [9.17, 15) is 0 Å². The molecule has 0 fully saturated rings. The number of aromatic nitrogens is 4. The van der Waals surface area contributed by atoms with Crippen LogP contribution in [0.2, 0.25) is 0 Å². The molecule has 0 saturated carbocycles. The van der Waals surface area contributed by atoms with Crippen LogP contribution in [-0.4, -0.2) is 25.6 Å². The molecule has 8 heteroatoms. The number of pyridine rings is 1. The molecular weight excluding hydrogens is 412 g/mol. The number of rotatable bonds is 11. The Morgan fingerprint density at radius 2 is 1.76 bits per heavy atom. The fourth-order valence-electron chi connectivity index (χ4n) is 3.40. The monoisotopic (exact) mass is 448 g/mol. The summed E-state index contributed by atoms with van der Waals surface area (Å²) in [6.45, 7) is 9.02. The first-order valence-electron chi connectivity index (χ1n) is 11.8. The normalized spacial score (nSPS) is 11.1. The van der Waals surface area contributed by atoms with Crippen molar-refractivity contribution < 1.29 is 0 Å². The number of nitrogens with one attached hydrogen (secondary N) is 1. The topological polar surface area (TPSA) is 118 Å². The lowest BCUT2D eigenvalue weighted by Crippen LogP contribution is -2.14. The predicted molar refractivity (Wildman–Crippen MR) is 133 cm³/mol. The van der Waals surface area contributed by atoms with E-state index in [0.29, 0.717) is 12.1 Å². The zero-order valence-electron chi connectivity index (χ0n) is 20.3. The molecule has 3 rings (SSSR count). The van der Waals surface area contributed by atoms with E-state index in [-0.39, 0.29) is 5.84 Å². The molecule has 0 spiro atoms. The lowest BCUT2D eigenvalue weighted by Gasteiger charge is -2.09. The molecule has 0 amide bonds. The van der Waals surface area contributed by atoms with Crippen molar-refractivity contribution >= 4 is 5.84 Å². The molecule has 33 heavy (non-hydrogen) atoms. The van der Waals surface area contributed by atoms with Gasteiger partial charge in [0.2, 0.25) is 0 Å². The molecule has 176 valence electrons. The van der Waals surface area contributed by atoms with Crippen molar-refractivity contribution in [1.29, 1.82) is 5.53 Å². The van der Waals surface area contributed by atoms with Gasteiger partial charge in [-0.25, -0.2) is 9.67 Å². The smallest absolute Gasteiger partial charge is 0.155 e. The lowest BCUT2D eigenvalue weighted by atomic mass is 10.0. The van der Waals surface area contributed by atoms with Crippen LogP contribution in [0.1, 0.15) is 76.2 Å². The molecule has 1 aromatic carbocycles. The van der Waals surface area contributed by atoms with Crippen molar-refractivity contribution in [3.05, 3.63) is 65.4 Å². The van der Waals surface area contributed by atoms with E-state index in [0.717, 1.165) is 67.0 Å². The van der Waals surface area contributed by atoms with E-state index in [1.807, 2.05) is 55.1 Å². The molecule has 2 aromatic heterocycles. The summed E-state index contributed by atoms with van der Waals surface area (Å²) in [6, 6.07) is 11.6. The molecular formula is C25H36N8. The predicted octanol–water partition coefficient (Wildman–Crippen LogP) is 5.75. The van der Waals surface area contributed by atoms with Crippen molar-refractivity contribution in [3.8, 4) is 11.3 Å². The minimum Gasteiger partial charge on any atom is -0.382 e. The van der Waals surface area contributed by atoms with Crippen LogP contribution in [0.4, 0.5) is 0 Å². The Kier molecular flexibility index (Phi) is 10.9. The minimum atomic E-state index is 0.194. The van der Waals surface area contributed by atoms with Crippen LogP contribution in [0.25, 0.3) is 11.3 Å². The van der Waals surface area contributed by atoms with Crippen molar-refractivity contribution in [2.24, 2.45) is 16.1 Å². The van der Waals surface area contributed by atoms with Gasteiger partial charge >= 0.3 is 0 Å². The first kappa shape index (κ1) is 25.8. The van der Waals surface area contributed by atoms with Crippen LogP contribution < -0.4 is 5.73 Å². The van der Waals surface area contributed by atoms with Crippen molar-refractivity contribution in [2.75, 3.05) is 0 Å². The van der Waals surface area contributed by atoms with E-state index < -0.39 is 0 Å². The number of unbranched alkanes of at least 4 members (excludes halogenated alkanes) is 2. The average Bonchev–Trinajstić information content (AvgIpc) is 3.24. The van der Waals surface area contributed by atoms with Crippen LogP contribution in [0, 0.1) is 5.53 Å². The summed E-state index contributed by atoms with van der Waals surface area (Å²) in [5.41, 5.74) is 16.3. The van der Waals surface area contributed by atoms with E-state index in [2.05, 4.69) is 35.2 Å². The van der Waals surface area contributed by atoms with Gasteiger partial charge in [0.25, 0.3) is 0 Å². The Labute approximate surface area is 196 Å². The summed E-state index contributed by atoms with van der Waals surface area (Å²) in [5, 5.41) is 11.4. The standard InChI is InChI=1S/C23H30N8.C2H6/c1-3-5-11-21-27-22(12-6-4-2)31(29-21)16-17-13-14-20(26-15-17)18-9-7-8-10-19(18)23(24)28-30-25;1-2/h7-10,13-15H,3-6,11-12,16H2,1-2H3,(H3,24,25,28);1-2H3. The summed E-state index contributed by atoms with van der Waals surface area (Å²) < 4.78 is 2.02. The second-order valence-corrected chi connectivity index (χ2v) is 7.49. The third-order valence-electron chi connectivity index (χ3n) is 5.09. The van der Waals surface area contributed by atoms with Gasteiger partial charge in [-0.1, -0.05) is 76.1 Å². The van der Waals surface area contributed by atoms with Gasteiger partial charge in [0.15, 0.2) is 11.7 Å². The Morgan fingerprint density at radius 1 is 1.03 bits per heavy atom. The molecule has 0 aliphatic heterocycles. The van der Waals surface area contributed by atoms with E-state index in [1.54, 1.807) is 0 Å². The quantitative estimate of drug-likeness (QED) is 0.168. The molecule has 2 heterocycles. The molecule has 0 unspecified atom stereocenters. The summed E-state index contributed by atoms with van der Waals surface area (Å²) in [6.07, 6.45) is 8.20. The maximum Gasteiger partial charge on any atom is 0.155 e. The number of nitrogens with two attached hydrogens (primary N) is 1. The van der Waals surface area contributed by atoms with Gasteiger partial charge in [-0.2, -0.15) is 10.6 Å². The van der Waals surface area contributed by atoms with E-state index >= 15 is 0 Å². The highest BCUT2D eigenvalue weighted by atomic mass is 15.3. The van der Waals surface area contributed by atoms with Gasteiger partial charge in [0, 0.05) is 30.2 Å². The van der Waals surface area contributed by atoms with Crippen LogP contribution in [0.5, 0.6) is 0 Å². The van der Waals surface area contributed by atoms with Gasteiger partial charge in [0.1, 0.15) is 5.82 Å². The minimum absolute atomic E-state index is 0.194. The fourth-order valence-corrected chi connectivity index (χ4v) is 3.40. The van der Waals surface area contributed by atoms with Gasteiger partial charge in [0.05, 0.1) is 12.2 Å². The lowest BCUT2D eigenvalue weighted by molar-refractivity contribution is 0.611. The Morgan fingerprint density at radius 3 is 2.42 bits per heavy atom. The van der Waals surface area contributed by atoms with Gasteiger partial charge in [-0.05, 0) is 24.5 Å². The number of nitrogens with zero attached hydrogens (tertiary/aromatic N) is 6. The summed E-state index contributed by atoms with van der Waals surface area (Å²) in [4.78, 5) is 9.42. The molecule has 8 nitrogen and oxygen atoms in total. The third-order valence-corrected chi connectivity index (χ3v) is 5.09. The second kappa shape index (κ2) is 13.9. The van der Waals surface area contributed by atoms with Gasteiger partial charge < -0.3 is 5.73 Å². The number of benzene rings is 1. The van der Waals surface area contributed by atoms with E-state index in [4.69, 9.17) is 21.3 Å². The summed E-state index contributed by atoms with van der Waals surface area (Å²) in [5.74, 6) is 2.17. The highest BCUT2D eigenvalue weighted by molar-refractivity contribution is 6.02. The average molecular weight is 449 g/mol. The van der Waals surface area contributed by atoms with Crippen LogP contribution in [-0.2, 0) is 19.4 Å². The second-order valence-electron chi connectivity index (χ2n) is 7.49. The summed E-state index contributed by atoms with van der Waals surface area (Å²) in [7, 11) is 0. The number of hydrogen-bond donors (Lipinski definition) is 2. The molecule has 3 N–H and O–H groups in total. The summed E-state index contributed by atoms with van der Waals surface area (Å²) >= 11 is 0. The first-order chi connectivity index (χ1) is 16.2. The maximum atomic E-state index is 6.92. The number of hydrogen-bond acceptors (Lipinski definition) is 5. The van der Waals surface area contributed by atoms with Crippen LogP contribution in [0.15, 0.2) is 52.9 Å². The Hall–Kier alpha value is -3.42. The molecule has 3 aromatic rings. The first-order valence-corrected chi connectivity index (χ1v) is 11.8. The zero-order valence-corrected chi connectivity index (χ0v) is 20.3. The van der Waals surface area contributed by atoms with E-state index in [1.165, 1.54) is 0 Å². The van der Waals surface area contributed by atoms with Gasteiger partial charge in [-0.3, -0.25) is 4.98 Å². The molecule has 0 aliphatic rings. The van der Waals surface area contributed by atoms with Gasteiger partial charge in [-0.15, -0.1) is 5.10 Å². The SMILES string of the molecule is CC.CCCCc1nc(CCCC)n(Cc2ccc(-c3ccccc3/C(N)=N/N=N)nc2)n1. The molecule has 0 radical (unpaired) electrons. The van der Waals surface area contributed by atoms with Crippen LogP contribution in [0.3, 0.4) is 0 Å². The Balaban J connectivity index is 0.00000187. The molecule has 0 bridgehead atoms. The fraction of sp³-hybridized carbons (Fsp3) is 0.440. The maximum absolute atomic E-state index is 6.92. The van der Waals surface area contributed by atoms with Crippen molar-refractivity contribution in [3.63, 3.8) is 0 Å². The number of amidine groups is 1. The zero-order chi connectivity index (χ0) is 24.1. The largest absolute Gasteiger partial charge is 0.382 e. The third kappa shape index (κ3) is 7.30. The molecule has 0 atom stereocenters. The highest BCUT2D eigenvalue weighted by Crippen LogP contribution is 2.22. The van der Waals surface area contributed by atoms with Crippen molar-refractivity contribution in [2.45, 2.75) is 72.8 Å². The van der Waals surface area contributed by atoms with Crippen molar-refractivity contribution in [1.82, 2.24) is 19.7 Å². The molecule has 0 aliphatic carbocycles. The highest BCUT2D eigenvalue weighted by Gasteiger charge is 2.12. The Bertz CT molecular complexity index is 1020. The van der Waals surface area contributed by atoms with Crippen LogP contribution >= 0.6 is 0 Å². The molecule has 0 saturated heterocycles. The number of aryl methyl sites for hydroxylation is 2.